The summed E-state index contributed by atoms with van der Waals surface area (Å²) >= 11 is 0. The molecule has 0 spiro atoms. The highest BCUT2D eigenvalue weighted by atomic mass is 16.5. The number of methoxy groups -OCH3 is 1. The summed E-state index contributed by atoms with van der Waals surface area (Å²) in [6.45, 7) is 6.10. The largest absolute Gasteiger partial charge is 0.497 e. The normalized spacial score (nSPS) is 12.1. The van der Waals surface area contributed by atoms with Crippen LogP contribution in [0.1, 0.15) is 59.2 Å². The van der Waals surface area contributed by atoms with Crippen molar-refractivity contribution >= 4 is 5.91 Å². The van der Waals surface area contributed by atoms with Gasteiger partial charge in [-0.2, -0.15) is 0 Å². The molecule has 1 unspecified atom stereocenters. The molecule has 1 amide bonds. The number of nitrogens with zero attached hydrogens (tertiary/aromatic N) is 5. The van der Waals surface area contributed by atoms with Gasteiger partial charge in [0.1, 0.15) is 23.4 Å². The first-order chi connectivity index (χ1) is 15.9. The van der Waals surface area contributed by atoms with Crippen LogP contribution in [0.25, 0.3) is 5.69 Å². The Kier molecular flexibility index (Phi) is 6.26. The van der Waals surface area contributed by atoms with Gasteiger partial charge in [0.2, 0.25) is 5.82 Å². The number of aromatic nitrogens is 5. The van der Waals surface area contributed by atoms with E-state index >= 15 is 0 Å². The van der Waals surface area contributed by atoms with E-state index in [1.165, 1.54) is 0 Å². The molecular weight excluding hydrogens is 416 g/mol. The summed E-state index contributed by atoms with van der Waals surface area (Å²) in [5.41, 5.74) is 2.91. The molecule has 2 aromatic heterocycles. The van der Waals surface area contributed by atoms with Crippen LogP contribution in [0.4, 0.5) is 0 Å². The first-order valence-electron chi connectivity index (χ1n) is 10.8. The molecule has 0 aliphatic rings. The van der Waals surface area contributed by atoms with E-state index in [1.54, 1.807) is 18.0 Å². The quantitative estimate of drug-likeness (QED) is 0.466. The zero-order valence-electron chi connectivity index (χ0n) is 19.5. The molecule has 0 aliphatic carbocycles. The van der Waals surface area contributed by atoms with Crippen molar-refractivity contribution in [3.8, 4) is 11.4 Å². The molecule has 4 rings (SSSR count). The first-order valence-corrected chi connectivity index (χ1v) is 10.8. The van der Waals surface area contributed by atoms with Gasteiger partial charge in [-0.15, -0.1) is 5.10 Å². The van der Waals surface area contributed by atoms with Gasteiger partial charge >= 0.3 is 0 Å². The van der Waals surface area contributed by atoms with E-state index in [2.05, 4.69) is 40.3 Å². The maximum Gasteiger partial charge on any atom is 0.291 e. The number of para-hydroxylation sites is 1. The number of benzene rings is 2. The second-order valence-corrected chi connectivity index (χ2v) is 8.19. The Hall–Kier alpha value is -3.94. The molecule has 2 aromatic carbocycles. The van der Waals surface area contributed by atoms with E-state index in [1.807, 2.05) is 67.2 Å². The minimum Gasteiger partial charge on any atom is -0.497 e. The van der Waals surface area contributed by atoms with E-state index in [9.17, 15) is 4.79 Å². The highest BCUT2D eigenvalue weighted by Gasteiger charge is 2.25. The van der Waals surface area contributed by atoms with Gasteiger partial charge in [0, 0.05) is 19.4 Å². The van der Waals surface area contributed by atoms with Gasteiger partial charge in [-0.25, -0.2) is 14.6 Å². The van der Waals surface area contributed by atoms with Crippen LogP contribution in [0.2, 0.25) is 0 Å². The average Bonchev–Trinajstić information content (AvgIpc) is 3.42. The minimum atomic E-state index is -0.497. The molecule has 170 valence electrons. The summed E-state index contributed by atoms with van der Waals surface area (Å²) in [5, 5.41) is 7.61. The number of hydrogen-bond acceptors (Lipinski definition) is 5. The zero-order valence-corrected chi connectivity index (χ0v) is 19.5. The number of rotatable bonds is 7. The number of aryl methyl sites for hydroxylation is 2. The number of ether oxygens (including phenoxy) is 1. The minimum absolute atomic E-state index is 0.105. The third kappa shape index (κ3) is 4.50. The lowest BCUT2D eigenvalue weighted by molar-refractivity contribution is 0.0930. The highest BCUT2D eigenvalue weighted by Crippen LogP contribution is 2.25. The summed E-state index contributed by atoms with van der Waals surface area (Å²) in [6, 6.07) is 15.1. The summed E-state index contributed by atoms with van der Waals surface area (Å²) in [7, 11) is 3.50. The maximum atomic E-state index is 13.3. The summed E-state index contributed by atoms with van der Waals surface area (Å²) < 4.78 is 8.98. The van der Waals surface area contributed by atoms with Crippen LogP contribution in [0, 0.1) is 6.92 Å². The highest BCUT2D eigenvalue weighted by molar-refractivity contribution is 5.91. The van der Waals surface area contributed by atoms with Crippen LogP contribution in [-0.2, 0) is 7.05 Å². The zero-order chi connectivity index (χ0) is 23.5. The van der Waals surface area contributed by atoms with E-state index in [-0.39, 0.29) is 11.7 Å². The third-order valence-electron chi connectivity index (χ3n) is 5.58. The Morgan fingerprint density at radius 2 is 1.91 bits per heavy atom. The molecule has 1 atom stereocenters. The SMILES string of the molecule is COc1cccc(C(NC(=O)c2nc(C)n(-c3ccccc3C(C)C)n2)c2nccn2C)c1. The Balaban J connectivity index is 1.69. The molecule has 0 saturated heterocycles. The van der Waals surface area contributed by atoms with Crippen molar-refractivity contribution in [1.29, 1.82) is 0 Å². The predicted octanol–water partition coefficient (Wildman–Crippen LogP) is 3.96. The fourth-order valence-electron chi connectivity index (χ4n) is 3.85. The van der Waals surface area contributed by atoms with Crippen molar-refractivity contribution in [2.45, 2.75) is 32.7 Å². The molecule has 1 N–H and O–H groups in total. The standard InChI is InChI=1S/C25H28N6O2/c1-16(2)20-11-6-7-12-21(20)31-17(3)27-23(29-31)25(32)28-22(24-26-13-14-30(24)4)18-9-8-10-19(15-18)33-5/h6-16,22H,1-5H3,(H,28,32). The number of carbonyl (C=O) groups excluding carboxylic acids is 1. The van der Waals surface area contributed by atoms with E-state index in [4.69, 9.17) is 4.74 Å². The van der Waals surface area contributed by atoms with Crippen LogP contribution >= 0.6 is 0 Å². The third-order valence-corrected chi connectivity index (χ3v) is 5.58. The smallest absolute Gasteiger partial charge is 0.291 e. The lowest BCUT2D eigenvalue weighted by Crippen LogP contribution is -2.32. The van der Waals surface area contributed by atoms with Crippen molar-refractivity contribution in [1.82, 2.24) is 29.6 Å². The molecule has 0 bridgehead atoms. The molecule has 0 aliphatic heterocycles. The van der Waals surface area contributed by atoms with Crippen molar-refractivity contribution in [3.05, 3.63) is 89.5 Å². The lowest BCUT2D eigenvalue weighted by Gasteiger charge is -2.19. The van der Waals surface area contributed by atoms with Crippen molar-refractivity contribution in [3.63, 3.8) is 0 Å². The van der Waals surface area contributed by atoms with Crippen molar-refractivity contribution in [2.24, 2.45) is 7.05 Å². The van der Waals surface area contributed by atoms with E-state index < -0.39 is 6.04 Å². The lowest BCUT2D eigenvalue weighted by atomic mass is 10.0. The topological polar surface area (TPSA) is 86.9 Å². The monoisotopic (exact) mass is 444 g/mol. The van der Waals surface area contributed by atoms with Crippen LogP contribution in [0.5, 0.6) is 5.75 Å². The molecule has 0 radical (unpaired) electrons. The van der Waals surface area contributed by atoms with Gasteiger partial charge in [0.05, 0.1) is 12.8 Å². The fourth-order valence-corrected chi connectivity index (χ4v) is 3.85. The van der Waals surface area contributed by atoms with Gasteiger partial charge < -0.3 is 14.6 Å². The number of amides is 1. The predicted molar refractivity (Wildman–Crippen MR) is 126 cm³/mol. The molecule has 8 heteroatoms. The molecule has 33 heavy (non-hydrogen) atoms. The number of hydrogen-bond donors (Lipinski definition) is 1. The molecular formula is C25H28N6O2. The Morgan fingerprint density at radius 3 is 2.61 bits per heavy atom. The summed E-state index contributed by atoms with van der Waals surface area (Å²) in [5.74, 6) is 2.07. The second kappa shape index (κ2) is 9.28. The van der Waals surface area contributed by atoms with Crippen LogP contribution in [0.15, 0.2) is 60.9 Å². The molecule has 0 saturated carbocycles. The maximum absolute atomic E-state index is 13.3. The van der Waals surface area contributed by atoms with Gasteiger partial charge in [-0.05, 0) is 42.2 Å². The molecule has 4 aromatic rings. The van der Waals surface area contributed by atoms with Crippen molar-refractivity contribution < 1.29 is 9.53 Å². The van der Waals surface area contributed by atoms with Gasteiger partial charge in [0.15, 0.2) is 0 Å². The molecule has 0 fully saturated rings. The summed E-state index contributed by atoms with van der Waals surface area (Å²) in [4.78, 5) is 22.2. The second-order valence-electron chi connectivity index (χ2n) is 8.19. The number of imidazole rings is 1. The first kappa shape index (κ1) is 22.3. The van der Waals surface area contributed by atoms with Crippen LogP contribution in [0.3, 0.4) is 0 Å². The Morgan fingerprint density at radius 1 is 1.12 bits per heavy atom. The number of carbonyl (C=O) groups is 1. The van der Waals surface area contributed by atoms with E-state index in [0.717, 1.165) is 16.8 Å². The Bertz CT molecular complexity index is 1270. The van der Waals surface area contributed by atoms with Crippen molar-refractivity contribution in [2.75, 3.05) is 7.11 Å². The van der Waals surface area contributed by atoms with Crippen LogP contribution < -0.4 is 10.1 Å². The van der Waals surface area contributed by atoms with Gasteiger partial charge in [0.25, 0.3) is 5.91 Å². The molecule has 8 nitrogen and oxygen atoms in total. The van der Waals surface area contributed by atoms with Crippen LogP contribution in [-0.4, -0.2) is 37.3 Å². The van der Waals surface area contributed by atoms with Gasteiger partial charge in [-0.3, -0.25) is 4.79 Å². The molecule has 2 heterocycles. The number of nitrogens with one attached hydrogen (secondary N) is 1. The summed E-state index contributed by atoms with van der Waals surface area (Å²) in [6.07, 6.45) is 3.54. The fraction of sp³-hybridized carbons (Fsp3) is 0.280. The Labute approximate surface area is 193 Å². The van der Waals surface area contributed by atoms with Gasteiger partial charge in [-0.1, -0.05) is 44.2 Å². The van der Waals surface area contributed by atoms with E-state index in [0.29, 0.717) is 23.3 Å². The average molecular weight is 445 g/mol.